The van der Waals surface area contributed by atoms with Gasteiger partial charge in [0, 0.05) is 20.0 Å². The fourth-order valence-corrected chi connectivity index (χ4v) is 1.49. The molecule has 0 fully saturated rings. The van der Waals surface area contributed by atoms with E-state index >= 15 is 0 Å². The maximum atomic E-state index is 11.5. The summed E-state index contributed by atoms with van der Waals surface area (Å²) in [6, 6.07) is 7.66. The van der Waals surface area contributed by atoms with Crippen LogP contribution in [0.3, 0.4) is 0 Å². The Morgan fingerprint density at radius 3 is 1.85 bits per heavy atom. The van der Waals surface area contributed by atoms with Crippen LogP contribution in [0.15, 0.2) is 24.3 Å². The van der Waals surface area contributed by atoms with Crippen LogP contribution >= 0.6 is 0 Å². The predicted molar refractivity (Wildman–Crippen MR) is 77.0 cm³/mol. The van der Waals surface area contributed by atoms with E-state index in [1.54, 1.807) is 0 Å². The van der Waals surface area contributed by atoms with E-state index in [-0.39, 0.29) is 5.91 Å². The van der Waals surface area contributed by atoms with Crippen LogP contribution in [0.1, 0.15) is 38.8 Å². The van der Waals surface area contributed by atoms with Crippen molar-refractivity contribution >= 4 is 12.0 Å². The molecule has 20 heavy (non-hydrogen) atoms. The van der Waals surface area contributed by atoms with Crippen molar-refractivity contribution in [3.05, 3.63) is 35.4 Å². The summed E-state index contributed by atoms with van der Waals surface area (Å²) in [5.41, 5.74) is 1.50. The molecule has 110 valence electrons. The first-order valence-corrected chi connectivity index (χ1v) is 6.55. The molecule has 2 amide bonds. The molecule has 0 aliphatic rings. The summed E-state index contributed by atoms with van der Waals surface area (Å²) < 4.78 is 5.15. The molecule has 0 aliphatic carbocycles. The van der Waals surface area contributed by atoms with Gasteiger partial charge in [-0.2, -0.15) is 0 Å². The molecule has 5 heteroatoms. The van der Waals surface area contributed by atoms with Gasteiger partial charge in [-0.1, -0.05) is 24.3 Å². The number of amides is 2. The molecule has 0 heterocycles. The molecule has 0 aliphatic heterocycles. The van der Waals surface area contributed by atoms with Crippen LogP contribution in [-0.2, 0) is 22.6 Å². The third kappa shape index (κ3) is 6.78. The Kier molecular flexibility index (Phi) is 5.55. The second-order valence-corrected chi connectivity index (χ2v) is 5.58. The number of carbonyl (C=O) groups excluding carboxylic acids is 2. The normalized spacial score (nSPS) is 10.8. The minimum Gasteiger partial charge on any atom is -0.444 e. The number of nitrogens with one attached hydrogen (secondary N) is 2. The number of hydrogen-bond acceptors (Lipinski definition) is 3. The highest BCUT2D eigenvalue weighted by molar-refractivity contribution is 5.72. The third-order valence-corrected chi connectivity index (χ3v) is 2.40. The van der Waals surface area contributed by atoms with Gasteiger partial charge < -0.3 is 15.4 Å². The van der Waals surface area contributed by atoms with Gasteiger partial charge in [-0.3, -0.25) is 4.79 Å². The zero-order valence-electron chi connectivity index (χ0n) is 12.4. The topological polar surface area (TPSA) is 67.4 Å². The highest BCUT2D eigenvalue weighted by Gasteiger charge is 2.15. The number of hydrogen-bond donors (Lipinski definition) is 2. The molecule has 0 saturated heterocycles. The second kappa shape index (κ2) is 6.93. The largest absolute Gasteiger partial charge is 0.444 e. The molecule has 0 unspecified atom stereocenters. The predicted octanol–water partition coefficient (Wildman–Crippen LogP) is 2.35. The van der Waals surface area contributed by atoms with Crippen molar-refractivity contribution in [3.63, 3.8) is 0 Å². The Labute approximate surface area is 119 Å². The van der Waals surface area contributed by atoms with Crippen molar-refractivity contribution in [2.24, 2.45) is 0 Å². The Morgan fingerprint density at radius 2 is 1.45 bits per heavy atom. The molecule has 1 aromatic carbocycles. The van der Waals surface area contributed by atoms with Gasteiger partial charge in [-0.25, -0.2) is 4.79 Å². The van der Waals surface area contributed by atoms with Crippen LogP contribution in [0.2, 0.25) is 0 Å². The maximum absolute atomic E-state index is 11.5. The Balaban J connectivity index is 2.42. The summed E-state index contributed by atoms with van der Waals surface area (Å²) in [6.07, 6.45) is -0.431. The second-order valence-electron chi connectivity index (χ2n) is 5.58. The third-order valence-electron chi connectivity index (χ3n) is 2.40. The van der Waals surface area contributed by atoms with Gasteiger partial charge in [-0.05, 0) is 31.9 Å². The van der Waals surface area contributed by atoms with Gasteiger partial charge in [-0.15, -0.1) is 0 Å². The van der Waals surface area contributed by atoms with E-state index in [2.05, 4.69) is 10.6 Å². The van der Waals surface area contributed by atoms with E-state index in [1.165, 1.54) is 6.92 Å². The van der Waals surface area contributed by atoms with E-state index in [9.17, 15) is 9.59 Å². The van der Waals surface area contributed by atoms with Gasteiger partial charge >= 0.3 is 6.09 Å². The molecular formula is C15H22N2O3. The molecule has 0 atom stereocenters. The molecular weight excluding hydrogens is 256 g/mol. The number of ether oxygens (including phenoxy) is 1. The van der Waals surface area contributed by atoms with Crippen LogP contribution in [0, 0.1) is 0 Å². The molecule has 0 bridgehead atoms. The first-order valence-electron chi connectivity index (χ1n) is 6.55. The highest BCUT2D eigenvalue weighted by Crippen LogP contribution is 2.08. The summed E-state index contributed by atoms with van der Waals surface area (Å²) in [6.45, 7) is 7.87. The number of rotatable bonds is 4. The summed E-state index contributed by atoms with van der Waals surface area (Å²) in [7, 11) is 0. The summed E-state index contributed by atoms with van der Waals surface area (Å²) >= 11 is 0. The van der Waals surface area contributed by atoms with Crippen molar-refractivity contribution < 1.29 is 14.3 Å². The molecule has 1 aromatic rings. The van der Waals surface area contributed by atoms with Gasteiger partial charge in [0.2, 0.25) is 5.91 Å². The lowest BCUT2D eigenvalue weighted by Crippen LogP contribution is -2.32. The van der Waals surface area contributed by atoms with Crippen molar-refractivity contribution in [2.75, 3.05) is 0 Å². The van der Waals surface area contributed by atoms with Gasteiger partial charge in [0.15, 0.2) is 0 Å². The SMILES string of the molecule is CC(=O)NCc1ccc(CNC(=O)OC(C)(C)C)cc1. The first-order chi connectivity index (χ1) is 9.26. The van der Waals surface area contributed by atoms with Crippen LogP contribution < -0.4 is 10.6 Å². The minimum atomic E-state index is -0.494. The fourth-order valence-electron chi connectivity index (χ4n) is 1.49. The van der Waals surface area contributed by atoms with Crippen LogP contribution in [0.25, 0.3) is 0 Å². The lowest BCUT2D eigenvalue weighted by atomic mass is 10.1. The van der Waals surface area contributed by atoms with Crippen molar-refractivity contribution in [1.29, 1.82) is 0 Å². The van der Waals surface area contributed by atoms with Crippen molar-refractivity contribution in [2.45, 2.75) is 46.4 Å². The fraction of sp³-hybridized carbons (Fsp3) is 0.467. The quantitative estimate of drug-likeness (QED) is 0.888. The van der Waals surface area contributed by atoms with Crippen LogP contribution in [0.5, 0.6) is 0 Å². The van der Waals surface area contributed by atoms with Crippen molar-refractivity contribution in [1.82, 2.24) is 10.6 Å². The molecule has 0 spiro atoms. The van der Waals surface area contributed by atoms with Gasteiger partial charge in [0.05, 0.1) is 0 Å². The first kappa shape index (κ1) is 16.0. The van der Waals surface area contributed by atoms with E-state index in [0.29, 0.717) is 13.1 Å². The minimum absolute atomic E-state index is 0.0549. The van der Waals surface area contributed by atoms with Crippen LogP contribution in [0.4, 0.5) is 4.79 Å². The van der Waals surface area contributed by atoms with Crippen LogP contribution in [-0.4, -0.2) is 17.6 Å². The lowest BCUT2D eigenvalue weighted by molar-refractivity contribution is -0.119. The Morgan fingerprint density at radius 1 is 1.00 bits per heavy atom. The molecule has 2 N–H and O–H groups in total. The summed E-state index contributed by atoms with van der Waals surface area (Å²) in [4.78, 5) is 22.3. The summed E-state index contributed by atoms with van der Waals surface area (Å²) in [5, 5.41) is 5.42. The Bertz CT molecular complexity index is 461. The zero-order valence-corrected chi connectivity index (χ0v) is 12.4. The van der Waals surface area contributed by atoms with E-state index < -0.39 is 11.7 Å². The maximum Gasteiger partial charge on any atom is 0.407 e. The number of alkyl carbamates (subject to hydrolysis) is 1. The van der Waals surface area contributed by atoms with E-state index in [0.717, 1.165) is 11.1 Å². The number of carbonyl (C=O) groups is 2. The smallest absolute Gasteiger partial charge is 0.407 e. The average molecular weight is 278 g/mol. The molecule has 1 rings (SSSR count). The number of benzene rings is 1. The average Bonchev–Trinajstić information content (AvgIpc) is 2.33. The zero-order chi connectivity index (χ0) is 15.2. The van der Waals surface area contributed by atoms with E-state index in [1.807, 2.05) is 45.0 Å². The Hall–Kier alpha value is -2.04. The van der Waals surface area contributed by atoms with Gasteiger partial charge in [0.25, 0.3) is 0 Å². The molecule has 0 radical (unpaired) electrons. The molecule has 0 aromatic heterocycles. The monoisotopic (exact) mass is 278 g/mol. The van der Waals surface area contributed by atoms with E-state index in [4.69, 9.17) is 4.74 Å². The molecule has 5 nitrogen and oxygen atoms in total. The standard InChI is InChI=1S/C15H22N2O3/c1-11(18)16-9-12-5-7-13(8-6-12)10-17-14(19)20-15(2,3)4/h5-8H,9-10H2,1-4H3,(H,16,18)(H,17,19). The molecule has 0 saturated carbocycles. The van der Waals surface area contributed by atoms with Crippen molar-refractivity contribution in [3.8, 4) is 0 Å². The summed E-state index contributed by atoms with van der Waals surface area (Å²) in [5.74, 6) is -0.0549. The lowest BCUT2D eigenvalue weighted by Gasteiger charge is -2.19. The highest BCUT2D eigenvalue weighted by atomic mass is 16.6. The van der Waals surface area contributed by atoms with Gasteiger partial charge in [0.1, 0.15) is 5.60 Å².